The Balaban J connectivity index is 2.39. The number of ether oxygens (including phenoxy) is 1. The molecule has 1 heterocycles. The summed E-state index contributed by atoms with van der Waals surface area (Å²) in [6.07, 6.45) is 7.86. The Bertz CT molecular complexity index is 173. The number of esters is 1. The third-order valence-electron chi connectivity index (χ3n) is 2.17. The highest BCUT2D eigenvalue weighted by Gasteiger charge is 2.07. The predicted molar refractivity (Wildman–Crippen MR) is 47.7 cm³/mol. The molecule has 2 heteroatoms. The Morgan fingerprint density at radius 1 is 1.42 bits per heavy atom. The maximum absolute atomic E-state index is 11.0. The van der Waals surface area contributed by atoms with Crippen molar-refractivity contribution >= 4 is 5.97 Å². The second-order valence-corrected chi connectivity index (χ2v) is 3.38. The van der Waals surface area contributed by atoms with Crippen LogP contribution >= 0.6 is 0 Å². The van der Waals surface area contributed by atoms with Crippen molar-refractivity contribution in [3.63, 3.8) is 0 Å². The molecule has 0 aromatic heterocycles. The average Bonchev–Trinajstić information content (AvgIpc) is 2.07. The maximum atomic E-state index is 11.0. The summed E-state index contributed by atoms with van der Waals surface area (Å²) in [5.74, 6) is 0.578. The molecule has 0 amide bonds. The van der Waals surface area contributed by atoms with Crippen molar-refractivity contribution in [3.8, 4) is 0 Å². The zero-order valence-electron chi connectivity index (χ0n) is 7.58. The van der Waals surface area contributed by atoms with Crippen LogP contribution in [0.4, 0.5) is 0 Å². The minimum absolute atomic E-state index is 0.0617. The van der Waals surface area contributed by atoms with E-state index in [1.807, 2.05) is 6.08 Å². The molecule has 1 aliphatic heterocycles. The lowest BCUT2D eigenvalue weighted by atomic mass is 9.99. The molecule has 0 N–H and O–H groups in total. The molecule has 0 aromatic carbocycles. The zero-order chi connectivity index (χ0) is 8.81. The van der Waals surface area contributed by atoms with Crippen molar-refractivity contribution in [2.45, 2.75) is 32.6 Å². The Kier molecular flexibility index (Phi) is 3.85. The van der Waals surface area contributed by atoms with Crippen LogP contribution in [0.2, 0.25) is 0 Å². The standard InChI is InChI=1S/C10H16O2/c1-9-5-3-2-4-8-12-10(11)7-6-9/h2,4,9H,3,5-8H2,1H3/b4-2-. The summed E-state index contributed by atoms with van der Waals surface area (Å²) in [6.45, 7) is 2.63. The van der Waals surface area contributed by atoms with Gasteiger partial charge in [0.25, 0.3) is 0 Å². The number of cyclic esters (lactones) is 1. The van der Waals surface area contributed by atoms with Gasteiger partial charge in [0.2, 0.25) is 0 Å². The van der Waals surface area contributed by atoms with Crippen LogP contribution in [-0.2, 0) is 9.53 Å². The van der Waals surface area contributed by atoms with E-state index in [0.717, 1.165) is 12.8 Å². The first-order valence-corrected chi connectivity index (χ1v) is 4.59. The first-order valence-electron chi connectivity index (χ1n) is 4.59. The van der Waals surface area contributed by atoms with Crippen molar-refractivity contribution < 1.29 is 9.53 Å². The number of carbonyl (C=O) groups excluding carboxylic acids is 1. The van der Waals surface area contributed by atoms with E-state index in [9.17, 15) is 4.79 Å². The largest absolute Gasteiger partial charge is 0.461 e. The van der Waals surface area contributed by atoms with Crippen LogP contribution in [0.5, 0.6) is 0 Å². The van der Waals surface area contributed by atoms with Crippen molar-refractivity contribution in [2.24, 2.45) is 5.92 Å². The van der Waals surface area contributed by atoms with Gasteiger partial charge in [-0.2, -0.15) is 0 Å². The van der Waals surface area contributed by atoms with E-state index >= 15 is 0 Å². The molecule has 1 rings (SSSR count). The summed E-state index contributed by atoms with van der Waals surface area (Å²) in [6, 6.07) is 0. The summed E-state index contributed by atoms with van der Waals surface area (Å²) >= 11 is 0. The van der Waals surface area contributed by atoms with E-state index in [0.29, 0.717) is 18.9 Å². The smallest absolute Gasteiger partial charge is 0.306 e. The third-order valence-corrected chi connectivity index (χ3v) is 2.17. The fourth-order valence-electron chi connectivity index (χ4n) is 1.29. The summed E-state index contributed by atoms with van der Waals surface area (Å²) in [7, 11) is 0. The molecule has 0 radical (unpaired) electrons. The molecule has 0 fully saturated rings. The SMILES string of the molecule is CC1CC/C=C\COC(=O)CC1. The van der Waals surface area contributed by atoms with Crippen molar-refractivity contribution in [1.29, 1.82) is 0 Å². The number of allylic oxidation sites excluding steroid dienone is 1. The van der Waals surface area contributed by atoms with Crippen LogP contribution in [0, 0.1) is 5.92 Å². The summed E-state index contributed by atoms with van der Waals surface area (Å²) in [5, 5.41) is 0. The lowest BCUT2D eigenvalue weighted by Crippen LogP contribution is -2.07. The number of hydrogen-bond donors (Lipinski definition) is 0. The van der Waals surface area contributed by atoms with E-state index < -0.39 is 0 Å². The molecule has 0 saturated carbocycles. The van der Waals surface area contributed by atoms with Crippen LogP contribution in [-0.4, -0.2) is 12.6 Å². The van der Waals surface area contributed by atoms with Crippen LogP contribution in [0.3, 0.4) is 0 Å². The highest BCUT2D eigenvalue weighted by Crippen LogP contribution is 2.14. The average molecular weight is 168 g/mol. The van der Waals surface area contributed by atoms with Gasteiger partial charge in [0, 0.05) is 6.42 Å². The van der Waals surface area contributed by atoms with E-state index in [1.54, 1.807) is 0 Å². The monoisotopic (exact) mass is 168 g/mol. The molecule has 0 bridgehead atoms. The maximum Gasteiger partial charge on any atom is 0.306 e. The Morgan fingerprint density at radius 2 is 2.25 bits per heavy atom. The van der Waals surface area contributed by atoms with Crippen molar-refractivity contribution in [2.75, 3.05) is 6.61 Å². The number of hydrogen-bond acceptors (Lipinski definition) is 2. The molecule has 1 unspecified atom stereocenters. The minimum atomic E-state index is -0.0617. The zero-order valence-corrected chi connectivity index (χ0v) is 7.58. The van der Waals surface area contributed by atoms with Gasteiger partial charge in [0.15, 0.2) is 0 Å². The van der Waals surface area contributed by atoms with Gasteiger partial charge in [-0.15, -0.1) is 0 Å². The van der Waals surface area contributed by atoms with E-state index in [-0.39, 0.29) is 5.97 Å². The molecular weight excluding hydrogens is 152 g/mol. The molecule has 2 nitrogen and oxygen atoms in total. The first kappa shape index (κ1) is 9.30. The fourth-order valence-corrected chi connectivity index (χ4v) is 1.29. The van der Waals surface area contributed by atoms with Gasteiger partial charge in [0.1, 0.15) is 6.61 Å². The molecular formula is C10H16O2. The van der Waals surface area contributed by atoms with Crippen LogP contribution in [0.25, 0.3) is 0 Å². The van der Waals surface area contributed by atoms with Gasteiger partial charge in [-0.3, -0.25) is 4.79 Å². The van der Waals surface area contributed by atoms with Crippen LogP contribution < -0.4 is 0 Å². The van der Waals surface area contributed by atoms with Crippen molar-refractivity contribution in [1.82, 2.24) is 0 Å². The second-order valence-electron chi connectivity index (χ2n) is 3.38. The van der Waals surface area contributed by atoms with Gasteiger partial charge in [-0.05, 0) is 25.2 Å². The van der Waals surface area contributed by atoms with Gasteiger partial charge < -0.3 is 4.74 Å². The third kappa shape index (κ3) is 3.56. The Hall–Kier alpha value is -0.790. The van der Waals surface area contributed by atoms with E-state index in [2.05, 4.69) is 13.0 Å². The van der Waals surface area contributed by atoms with E-state index in [1.165, 1.54) is 6.42 Å². The van der Waals surface area contributed by atoms with E-state index in [4.69, 9.17) is 4.74 Å². The summed E-state index contributed by atoms with van der Waals surface area (Å²) < 4.78 is 4.94. The second kappa shape index (κ2) is 4.96. The Labute approximate surface area is 73.6 Å². The predicted octanol–water partition coefficient (Wildman–Crippen LogP) is 2.30. The molecule has 0 saturated heterocycles. The fraction of sp³-hybridized carbons (Fsp3) is 0.700. The molecule has 0 aliphatic carbocycles. The molecule has 12 heavy (non-hydrogen) atoms. The van der Waals surface area contributed by atoms with Gasteiger partial charge in [-0.1, -0.05) is 19.1 Å². The summed E-state index contributed by atoms with van der Waals surface area (Å²) in [5.41, 5.74) is 0. The number of rotatable bonds is 0. The highest BCUT2D eigenvalue weighted by molar-refractivity contribution is 5.69. The lowest BCUT2D eigenvalue weighted by molar-refractivity contribution is -0.142. The molecule has 1 aliphatic rings. The molecule has 0 aromatic rings. The number of carbonyl (C=O) groups is 1. The molecule has 0 spiro atoms. The quantitative estimate of drug-likeness (QED) is 0.410. The van der Waals surface area contributed by atoms with Gasteiger partial charge in [0.05, 0.1) is 0 Å². The van der Waals surface area contributed by atoms with Gasteiger partial charge >= 0.3 is 5.97 Å². The highest BCUT2D eigenvalue weighted by atomic mass is 16.5. The van der Waals surface area contributed by atoms with Crippen molar-refractivity contribution in [3.05, 3.63) is 12.2 Å². The first-order chi connectivity index (χ1) is 5.79. The lowest BCUT2D eigenvalue weighted by Gasteiger charge is -2.10. The molecule has 68 valence electrons. The van der Waals surface area contributed by atoms with Gasteiger partial charge in [-0.25, -0.2) is 0 Å². The molecule has 1 atom stereocenters. The normalized spacial score (nSPS) is 29.1. The van der Waals surface area contributed by atoms with Crippen LogP contribution in [0.1, 0.15) is 32.6 Å². The van der Waals surface area contributed by atoms with Crippen LogP contribution in [0.15, 0.2) is 12.2 Å². The topological polar surface area (TPSA) is 26.3 Å². The Morgan fingerprint density at radius 3 is 3.08 bits per heavy atom. The minimum Gasteiger partial charge on any atom is -0.461 e. The summed E-state index contributed by atoms with van der Waals surface area (Å²) in [4.78, 5) is 11.0.